The molecule has 0 saturated carbocycles. The minimum absolute atomic E-state index is 0.243. The van der Waals surface area contributed by atoms with Gasteiger partial charge in [0.25, 0.3) is 0 Å². The number of carbonyl (C=O) groups is 1. The molecule has 3 heteroatoms. The molecular formula is C13H16O3. The van der Waals surface area contributed by atoms with Gasteiger partial charge >= 0.3 is 5.97 Å². The number of benzene rings is 1. The highest BCUT2D eigenvalue weighted by Crippen LogP contribution is 2.32. The van der Waals surface area contributed by atoms with E-state index in [4.69, 9.17) is 4.74 Å². The number of phenolic OH excluding ortho intramolecular Hbond substituents is 1. The third-order valence-electron chi connectivity index (χ3n) is 2.56. The van der Waals surface area contributed by atoms with Crippen LogP contribution in [0.1, 0.15) is 23.6 Å². The Bertz CT molecular complexity index is 459. The fraction of sp³-hybridized carbons (Fsp3) is 0.308. The Balaban J connectivity index is 3.16. The smallest absolute Gasteiger partial charge is 0.338 e. The molecule has 0 spiro atoms. The van der Waals surface area contributed by atoms with Crippen LogP contribution in [0.4, 0.5) is 0 Å². The lowest BCUT2D eigenvalue weighted by molar-refractivity contribution is -0.130. The monoisotopic (exact) mass is 220 g/mol. The molecule has 0 saturated heterocycles. The maximum atomic E-state index is 11.4. The van der Waals surface area contributed by atoms with Crippen molar-refractivity contribution in [2.24, 2.45) is 0 Å². The van der Waals surface area contributed by atoms with Crippen LogP contribution in [0, 0.1) is 20.8 Å². The highest BCUT2D eigenvalue weighted by Gasteiger charge is 2.13. The highest BCUT2D eigenvalue weighted by atomic mass is 16.5. The molecule has 0 aliphatic rings. The summed E-state index contributed by atoms with van der Waals surface area (Å²) in [6, 6.07) is 1.65. The van der Waals surface area contributed by atoms with E-state index < -0.39 is 5.97 Å². The molecule has 0 bridgehead atoms. The molecule has 0 aromatic heterocycles. The van der Waals surface area contributed by atoms with Gasteiger partial charge in [0.1, 0.15) is 11.5 Å². The molecule has 0 fully saturated rings. The molecule has 3 nitrogen and oxygen atoms in total. The van der Waals surface area contributed by atoms with Gasteiger partial charge in [-0.2, -0.15) is 0 Å². The van der Waals surface area contributed by atoms with E-state index >= 15 is 0 Å². The van der Waals surface area contributed by atoms with Crippen LogP contribution in [0.2, 0.25) is 0 Å². The summed E-state index contributed by atoms with van der Waals surface area (Å²) in [5.41, 5.74) is 2.53. The van der Waals surface area contributed by atoms with Crippen molar-refractivity contribution in [2.45, 2.75) is 27.7 Å². The molecule has 0 radical (unpaired) electrons. The predicted molar refractivity (Wildman–Crippen MR) is 62.8 cm³/mol. The number of rotatable bonds is 2. The second kappa shape index (κ2) is 4.39. The second-order valence-corrected chi connectivity index (χ2v) is 3.96. The Morgan fingerprint density at radius 1 is 1.31 bits per heavy atom. The number of hydrogen-bond donors (Lipinski definition) is 1. The number of hydrogen-bond acceptors (Lipinski definition) is 3. The lowest BCUT2D eigenvalue weighted by Gasteiger charge is -2.12. The van der Waals surface area contributed by atoms with Gasteiger partial charge in [0.05, 0.1) is 0 Å². The van der Waals surface area contributed by atoms with E-state index in [1.54, 1.807) is 33.8 Å². The highest BCUT2D eigenvalue weighted by molar-refractivity contribution is 5.89. The molecule has 1 N–H and O–H groups in total. The summed E-state index contributed by atoms with van der Waals surface area (Å²) in [4.78, 5) is 11.4. The molecule has 0 unspecified atom stereocenters. The van der Waals surface area contributed by atoms with Crippen LogP contribution in [-0.2, 0) is 4.79 Å². The Morgan fingerprint density at radius 2 is 1.88 bits per heavy atom. The zero-order valence-corrected chi connectivity index (χ0v) is 10.0. The lowest BCUT2D eigenvalue weighted by Crippen LogP contribution is -2.09. The van der Waals surface area contributed by atoms with Gasteiger partial charge in [0, 0.05) is 5.57 Å². The summed E-state index contributed by atoms with van der Waals surface area (Å²) in [5.74, 6) is 0.265. The summed E-state index contributed by atoms with van der Waals surface area (Å²) in [5, 5.41) is 9.70. The zero-order valence-electron chi connectivity index (χ0n) is 10.0. The fourth-order valence-electron chi connectivity index (χ4n) is 1.32. The average molecular weight is 220 g/mol. The molecule has 0 aliphatic carbocycles. The molecule has 86 valence electrons. The van der Waals surface area contributed by atoms with E-state index in [-0.39, 0.29) is 5.75 Å². The number of esters is 1. The van der Waals surface area contributed by atoms with Gasteiger partial charge in [-0.05, 0) is 50.5 Å². The molecular weight excluding hydrogens is 204 g/mol. The van der Waals surface area contributed by atoms with Gasteiger partial charge in [-0.3, -0.25) is 0 Å². The number of aryl methyl sites for hydroxylation is 1. The van der Waals surface area contributed by atoms with Gasteiger partial charge in [-0.1, -0.05) is 6.58 Å². The lowest BCUT2D eigenvalue weighted by atomic mass is 10.0. The van der Waals surface area contributed by atoms with Crippen molar-refractivity contribution in [1.29, 1.82) is 0 Å². The van der Waals surface area contributed by atoms with E-state index in [1.165, 1.54) is 0 Å². The standard InChI is InChI=1S/C13H16O3/c1-7(2)13(15)16-11-6-8(3)12(14)10(5)9(11)4/h6,14H,1H2,2-5H3. The Morgan fingerprint density at radius 3 is 2.38 bits per heavy atom. The van der Waals surface area contributed by atoms with Crippen LogP contribution in [0.15, 0.2) is 18.2 Å². The minimum Gasteiger partial charge on any atom is -0.507 e. The number of phenols is 1. The normalized spacial score (nSPS) is 10.0. The van der Waals surface area contributed by atoms with E-state index in [0.717, 1.165) is 11.1 Å². The quantitative estimate of drug-likeness (QED) is 0.473. The Kier molecular flexibility index (Phi) is 3.38. The van der Waals surface area contributed by atoms with Crippen molar-refractivity contribution in [3.8, 4) is 11.5 Å². The number of ether oxygens (including phenoxy) is 1. The molecule has 0 atom stereocenters. The third kappa shape index (κ3) is 2.24. The summed E-state index contributed by atoms with van der Waals surface area (Å²) < 4.78 is 5.17. The van der Waals surface area contributed by atoms with Crippen LogP contribution in [0.5, 0.6) is 11.5 Å². The van der Waals surface area contributed by atoms with Gasteiger partial charge < -0.3 is 9.84 Å². The molecule has 1 aromatic rings. The zero-order chi connectivity index (χ0) is 12.5. The first-order valence-electron chi connectivity index (χ1n) is 5.02. The number of carbonyl (C=O) groups excluding carboxylic acids is 1. The fourth-order valence-corrected chi connectivity index (χ4v) is 1.32. The summed E-state index contributed by atoms with van der Waals surface area (Å²) in [6.07, 6.45) is 0. The molecule has 0 amide bonds. The van der Waals surface area contributed by atoms with E-state index in [1.807, 2.05) is 0 Å². The molecule has 0 aliphatic heterocycles. The largest absolute Gasteiger partial charge is 0.507 e. The van der Waals surface area contributed by atoms with Crippen molar-refractivity contribution in [1.82, 2.24) is 0 Å². The van der Waals surface area contributed by atoms with Gasteiger partial charge in [-0.25, -0.2) is 4.79 Å². The van der Waals surface area contributed by atoms with Crippen LogP contribution in [0.3, 0.4) is 0 Å². The third-order valence-corrected chi connectivity index (χ3v) is 2.56. The van der Waals surface area contributed by atoms with Gasteiger partial charge in [-0.15, -0.1) is 0 Å². The average Bonchev–Trinajstić information content (AvgIpc) is 2.22. The Labute approximate surface area is 95.4 Å². The van der Waals surface area contributed by atoms with Crippen molar-refractivity contribution >= 4 is 5.97 Å². The van der Waals surface area contributed by atoms with Crippen LogP contribution >= 0.6 is 0 Å². The van der Waals surface area contributed by atoms with E-state index in [0.29, 0.717) is 16.9 Å². The van der Waals surface area contributed by atoms with Crippen molar-refractivity contribution in [2.75, 3.05) is 0 Å². The molecule has 16 heavy (non-hydrogen) atoms. The summed E-state index contributed by atoms with van der Waals surface area (Å²) in [7, 11) is 0. The minimum atomic E-state index is -0.451. The van der Waals surface area contributed by atoms with Crippen molar-refractivity contribution in [3.05, 3.63) is 34.9 Å². The SMILES string of the molecule is C=C(C)C(=O)Oc1cc(C)c(O)c(C)c1C. The topological polar surface area (TPSA) is 46.5 Å². The van der Waals surface area contributed by atoms with E-state index in [9.17, 15) is 9.90 Å². The van der Waals surface area contributed by atoms with Gasteiger partial charge in [0.15, 0.2) is 0 Å². The second-order valence-electron chi connectivity index (χ2n) is 3.96. The summed E-state index contributed by atoms with van der Waals surface area (Å²) in [6.45, 7) is 10.5. The number of aromatic hydroxyl groups is 1. The predicted octanol–water partition coefficient (Wildman–Crippen LogP) is 2.80. The van der Waals surface area contributed by atoms with Crippen LogP contribution < -0.4 is 4.74 Å². The molecule has 1 rings (SSSR count). The first-order valence-corrected chi connectivity index (χ1v) is 5.02. The van der Waals surface area contributed by atoms with Crippen molar-refractivity contribution < 1.29 is 14.6 Å². The van der Waals surface area contributed by atoms with Gasteiger partial charge in [0.2, 0.25) is 0 Å². The van der Waals surface area contributed by atoms with E-state index in [2.05, 4.69) is 6.58 Å². The van der Waals surface area contributed by atoms with Crippen molar-refractivity contribution in [3.63, 3.8) is 0 Å². The molecule has 1 aromatic carbocycles. The first-order chi connectivity index (χ1) is 7.34. The van der Waals surface area contributed by atoms with Crippen LogP contribution in [0.25, 0.3) is 0 Å². The van der Waals surface area contributed by atoms with Crippen LogP contribution in [-0.4, -0.2) is 11.1 Å². The Hall–Kier alpha value is -1.77. The first kappa shape index (κ1) is 12.3. The maximum Gasteiger partial charge on any atom is 0.338 e. The maximum absolute atomic E-state index is 11.4. The molecule has 0 heterocycles. The summed E-state index contributed by atoms with van der Waals surface area (Å²) >= 11 is 0.